The van der Waals surface area contributed by atoms with Gasteiger partial charge in [0.05, 0.1) is 23.3 Å². The lowest BCUT2D eigenvalue weighted by atomic mass is 10.1. The molecule has 2 rings (SSSR count). The number of esters is 2. The Labute approximate surface area is 137 Å². The lowest BCUT2D eigenvalue weighted by Crippen LogP contribution is -2.18. The zero-order chi connectivity index (χ0) is 17.0. The summed E-state index contributed by atoms with van der Waals surface area (Å²) in [5, 5.41) is 3.39. The third kappa shape index (κ3) is 3.68. The van der Waals surface area contributed by atoms with E-state index in [1.165, 1.54) is 11.3 Å². The van der Waals surface area contributed by atoms with E-state index in [-0.39, 0.29) is 17.7 Å². The minimum atomic E-state index is -0.568. The molecule has 0 fully saturated rings. The van der Waals surface area contributed by atoms with Crippen molar-refractivity contribution in [2.24, 2.45) is 0 Å². The standard InChI is InChI=1S/C16H17NO5S/c1-4-21-16(20)14-10(3)17-9(2)13(14)12(18)7-22-15(19)11-5-6-23-8-11/h5-6,8,17H,4,7H2,1-3H3. The smallest absolute Gasteiger partial charge is 0.340 e. The van der Waals surface area contributed by atoms with E-state index in [1.807, 2.05) is 0 Å². The Bertz CT molecular complexity index is 730. The van der Waals surface area contributed by atoms with Gasteiger partial charge in [0, 0.05) is 16.8 Å². The van der Waals surface area contributed by atoms with E-state index in [0.717, 1.165) is 0 Å². The molecule has 0 aliphatic rings. The summed E-state index contributed by atoms with van der Waals surface area (Å²) in [5.41, 5.74) is 1.89. The average Bonchev–Trinajstić information content (AvgIpc) is 3.12. The summed E-state index contributed by atoms with van der Waals surface area (Å²) in [4.78, 5) is 39.1. The van der Waals surface area contributed by atoms with Crippen LogP contribution in [0.2, 0.25) is 0 Å². The molecule has 0 saturated carbocycles. The van der Waals surface area contributed by atoms with Crippen molar-refractivity contribution in [1.29, 1.82) is 0 Å². The van der Waals surface area contributed by atoms with Gasteiger partial charge in [-0.1, -0.05) is 0 Å². The van der Waals surface area contributed by atoms with Crippen LogP contribution in [0.4, 0.5) is 0 Å². The van der Waals surface area contributed by atoms with Gasteiger partial charge < -0.3 is 14.5 Å². The van der Waals surface area contributed by atoms with Gasteiger partial charge in [-0.15, -0.1) is 0 Å². The molecule has 7 heteroatoms. The fourth-order valence-corrected chi connectivity index (χ4v) is 2.88. The molecular formula is C16H17NO5S. The summed E-state index contributed by atoms with van der Waals surface area (Å²) in [6, 6.07) is 1.62. The van der Waals surface area contributed by atoms with Gasteiger partial charge in [-0.3, -0.25) is 4.79 Å². The molecule has 0 unspecified atom stereocenters. The molecule has 0 aromatic carbocycles. The van der Waals surface area contributed by atoms with Gasteiger partial charge in [-0.05, 0) is 32.2 Å². The summed E-state index contributed by atoms with van der Waals surface area (Å²) < 4.78 is 9.99. The molecular weight excluding hydrogens is 318 g/mol. The second-order valence-corrected chi connectivity index (χ2v) is 5.64. The predicted molar refractivity (Wildman–Crippen MR) is 85.2 cm³/mol. The van der Waals surface area contributed by atoms with Crippen LogP contribution in [-0.4, -0.2) is 35.9 Å². The van der Waals surface area contributed by atoms with Crippen LogP contribution in [0.25, 0.3) is 0 Å². The van der Waals surface area contributed by atoms with Gasteiger partial charge in [0.15, 0.2) is 6.61 Å². The van der Waals surface area contributed by atoms with Crippen molar-refractivity contribution in [1.82, 2.24) is 4.98 Å². The number of hydrogen-bond donors (Lipinski definition) is 1. The highest BCUT2D eigenvalue weighted by molar-refractivity contribution is 7.08. The highest BCUT2D eigenvalue weighted by Crippen LogP contribution is 2.20. The third-order valence-electron chi connectivity index (χ3n) is 3.22. The van der Waals surface area contributed by atoms with E-state index in [4.69, 9.17) is 9.47 Å². The quantitative estimate of drug-likeness (QED) is 0.648. The van der Waals surface area contributed by atoms with Crippen LogP contribution in [0.5, 0.6) is 0 Å². The molecule has 0 radical (unpaired) electrons. The molecule has 0 aliphatic carbocycles. The molecule has 122 valence electrons. The lowest BCUT2D eigenvalue weighted by Gasteiger charge is -2.06. The number of Topliss-reactive ketones (excluding diaryl/α,β-unsaturated/α-hetero) is 1. The Morgan fingerprint density at radius 1 is 1.09 bits per heavy atom. The van der Waals surface area contributed by atoms with Crippen LogP contribution in [0.3, 0.4) is 0 Å². The summed E-state index contributed by atoms with van der Waals surface area (Å²) in [7, 11) is 0. The van der Waals surface area contributed by atoms with E-state index in [0.29, 0.717) is 17.0 Å². The molecule has 0 spiro atoms. The summed E-state index contributed by atoms with van der Waals surface area (Å²) in [6.07, 6.45) is 0. The number of hydrogen-bond acceptors (Lipinski definition) is 6. The number of aryl methyl sites for hydroxylation is 2. The first-order valence-corrected chi connectivity index (χ1v) is 7.98. The molecule has 23 heavy (non-hydrogen) atoms. The van der Waals surface area contributed by atoms with Gasteiger partial charge in [0.25, 0.3) is 0 Å². The first-order valence-electron chi connectivity index (χ1n) is 7.04. The number of aromatic nitrogens is 1. The second-order valence-electron chi connectivity index (χ2n) is 4.86. The number of carbonyl (C=O) groups excluding carboxylic acids is 3. The van der Waals surface area contributed by atoms with Crippen LogP contribution < -0.4 is 0 Å². The molecule has 0 atom stereocenters. The van der Waals surface area contributed by atoms with E-state index in [9.17, 15) is 14.4 Å². The summed E-state index contributed by atoms with van der Waals surface area (Å²) >= 11 is 1.36. The molecule has 2 aromatic heterocycles. The fraction of sp³-hybridized carbons (Fsp3) is 0.312. The highest BCUT2D eigenvalue weighted by Gasteiger charge is 2.26. The third-order valence-corrected chi connectivity index (χ3v) is 3.91. The van der Waals surface area contributed by atoms with Gasteiger partial charge >= 0.3 is 11.9 Å². The first kappa shape index (κ1) is 17.0. The van der Waals surface area contributed by atoms with Crippen molar-refractivity contribution in [2.45, 2.75) is 20.8 Å². The molecule has 0 bridgehead atoms. The zero-order valence-corrected chi connectivity index (χ0v) is 13.9. The SMILES string of the molecule is CCOC(=O)c1c(C)[nH]c(C)c1C(=O)COC(=O)c1ccsc1. The van der Waals surface area contributed by atoms with Gasteiger partial charge in [0.1, 0.15) is 0 Å². The van der Waals surface area contributed by atoms with Crippen molar-refractivity contribution in [3.05, 3.63) is 44.9 Å². The topological polar surface area (TPSA) is 85.5 Å². The maximum atomic E-state index is 12.4. The number of ketones is 1. The number of aromatic amines is 1. The Morgan fingerprint density at radius 2 is 1.78 bits per heavy atom. The molecule has 0 saturated heterocycles. The van der Waals surface area contributed by atoms with Crippen LogP contribution in [0.15, 0.2) is 16.8 Å². The molecule has 2 aromatic rings. The fourth-order valence-electron chi connectivity index (χ4n) is 2.26. The first-order chi connectivity index (χ1) is 11.0. The summed E-state index contributed by atoms with van der Waals surface area (Å²) in [6.45, 7) is 4.84. The van der Waals surface area contributed by atoms with Crippen molar-refractivity contribution in [2.75, 3.05) is 13.2 Å². The van der Waals surface area contributed by atoms with E-state index < -0.39 is 24.3 Å². The van der Waals surface area contributed by atoms with E-state index in [1.54, 1.807) is 37.6 Å². The highest BCUT2D eigenvalue weighted by atomic mass is 32.1. The zero-order valence-electron chi connectivity index (χ0n) is 13.1. The molecule has 1 N–H and O–H groups in total. The average molecular weight is 335 g/mol. The Hall–Kier alpha value is -2.41. The van der Waals surface area contributed by atoms with E-state index >= 15 is 0 Å². The maximum absolute atomic E-state index is 12.4. The van der Waals surface area contributed by atoms with E-state index in [2.05, 4.69) is 4.98 Å². The number of nitrogens with one attached hydrogen (secondary N) is 1. The Morgan fingerprint density at radius 3 is 2.39 bits per heavy atom. The number of thiophene rings is 1. The molecule has 2 heterocycles. The maximum Gasteiger partial charge on any atom is 0.340 e. The predicted octanol–water partition coefficient (Wildman–Crippen LogP) is 2.91. The Kier molecular flexibility index (Phi) is 5.33. The number of rotatable bonds is 6. The van der Waals surface area contributed by atoms with Crippen molar-refractivity contribution >= 4 is 29.1 Å². The van der Waals surface area contributed by atoms with Crippen molar-refractivity contribution in [3.8, 4) is 0 Å². The lowest BCUT2D eigenvalue weighted by molar-refractivity contribution is 0.0472. The molecule has 0 amide bonds. The van der Waals surface area contributed by atoms with Crippen LogP contribution in [0, 0.1) is 13.8 Å². The van der Waals surface area contributed by atoms with Crippen LogP contribution >= 0.6 is 11.3 Å². The van der Waals surface area contributed by atoms with Crippen LogP contribution in [0.1, 0.15) is 49.4 Å². The van der Waals surface area contributed by atoms with Gasteiger partial charge in [0.2, 0.25) is 5.78 Å². The minimum absolute atomic E-state index is 0.195. The number of carbonyl (C=O) groups is 3. The summed E-state index contributed by atoms with van der Waals surface area (Å²) in [5.74, 6) is -1.58. The number of ether oxygens (including phenoxy) is 2. The van der Waals surface area contributed by atoms with Crippen molar-refractivity contribution in [3.63, 3.8) is 0 Å². The monoisotopic (exact) mass is 335 g/mol. The molecule has 6 nitrogen and oxygen atoms in total. The van der Waals surface area contributed by atoms with Gasteiger partial charge in [-0.25, -0.2) is 9.59 Å². The Balaban J connectivity index is 2.16. The van der Waals surface area contributed by atoms with Gasteiger partial charge in [-0.2, -0.15) is 11.3 Å². The molecule has 0 aliphatic heterocycles. The minimum Gasteiger partial charge on any atom is -0.462 e. The normalized spacial score (nSPS) is 10.4. The largest absolute Gasteiger partial charge is 0.462 e. The second kappa shape index (κ2) is 7.23. The van der Waals surface area contributed by atoms with Crippen molar-refractivity contribution < 1.29 is 23.9 Å². The number of H-pyrrole nitrogens is 1. The van der Waals surface area contributed by atoms with Crippen LogP contribution in [-0.2, 0) is 9.47 Å².